The number of anilines is 1. The Labute approximate surface area is 153 Å². The summed E-state index contributed by atoms with van der Waals surface area (Å²) in [6, 6.07) is 13.0. The summed E-state index contributed by atoms with van der Waals surface area (Å²) in [6.07, 6.45) is 1.53. The highest BCUT2D eigenvalue weighted by Crippen LogP contribution is 2.20. The van der Waals surface area contributed by atoms with Gasteiger partial charge in [-0.2, -0.15) is 0 Å². The number of hydrogen-bond donors (Lipinski definition) is 2. The smallest absolute Gasteiger partial charge is 0.258 e. The number of halogens is 1. The highest BCUT2D eigenvalue weighted by atomic mass is 79.9. The van der Waals surface area contributed by atoms with Crippen molar-refractivity contribution in [3.05, 3.63) is 68.7 Å². The van der Waals surface area contributed by atoms with Crippen LogP contribution >= 0.6 is 15.9 Å². The molecule has 0 radical (unpaired) electrons. The molecular formula is C19H18BrN3O2. The molecule has 1 aromatic heterocycles. The number of aryl methyl sites for hydroxylation is 2. The van der Waals surface area contributed by atoms with Crippen molar-refractivity contribution in [2.75, 3.05) is 5.32 Å². The lowest BCUT2D eigenvalue weighted by Crippen LogP contribution is -2.14. The van der Waals surface area contributed by atoms with E-state index in [1.807, 2.05) is 43.3 Å². The van der Waals surface area contributed by atoms with E-state index < -0.39 is 0 Å². The number of carbonyl (C=O) groups is 1. The molecule has 0 atom stereocenters. The van der Waals surface area contributed by atoms with Gasteiger partial charge in [-0.05, 0) is 49.2 Å². The number of nitrogens with one attached hydrogen (secondary N) is 2. The van der Waals surface area contributed by atoms with Gasteiger partial charge < -0.3 is 10.3 Å². The summed E-state index contributed by atoms with van der Waals surface area (Å²) in [5, 5.41) is 3.49. The SMILES string of the molecule is Cc1cc(Br)ccc1NC(=O)CCCc1nc2ccccc2c(=O)[nH]1. The normalized spacial score (nSPS) is 10.8. The van der Waals surface area contributed by atoms with Gasteiger partial charge >= 0.3 is 0 Å². The molecule has 3 aromatic rings. The first-order valence-electron chi connectivity index (χ1n) is 8.07. The van der Waals surface area contributed by atoms with Crippen LogP contribution in [0.2, 0.25) is 0 Å². The van der Waals surface area contributed by atoms with Gasteiger partial charge in [-0.3, -0.25) is 9.59 Å². The number of para-hydroxylation sites is 1. The summed E-state index contributed by atoms with van der Waals surface area (Å²) >= 11 is 3.40. The van der Waals surface area contributed by atoms with Crippen LogP contribution in [0.4, 0.5) is 5.69 Å². The molecular weight excluding hydrogens is 382 g/mol. The first-order valence-corrected chi connectivity index (χ1v) is 8.86. The fourth-order valence-corrected chi connectivity index (χ4v) is 3.13. The number of hydrogen-bond acceptors (Lipinski definition) is 3. The third-order valence-electron chi connectivity index (χ3n) is 3.94. The molecule has 1 heterocycles. The summed E-state index contributed by atoms with van der Waals surface area (Å²) in [5.41, 5.74) is 2.35. The van der Waals surface area contributed by atoms with Gasteiger partial charge in [0.05, 0.1) is 10.9 Å². The van der Waals surface area contributed by atoms with Gasteiger partial charge in [-0.25, -0.2) is 4.98 Å². The predicted molar refractivity (Wildman–Crippen MR) is 103 cm³/mol. The van der Waals surface area contributed by atoms with Crippen LogP contribution in [0.15, 0.2) is 51.7 Å². The molecule has 1 amide bonds. The number of aromatic nitrogens is 2. The van der Waals surface area contributed by atoms with E-state index in [4.69, 9.17) is 0 Å². The van der Waals surface area contributed by atoms with Crippen LogP contribution in [-0.2, 0) is 11.2 Å². The van der Waals surface area contributed by atoms with Gasteiger partial charge in [-0.1, -0.05) is 28.1 Å². The van der Waals surface area contributed by atoms with Crippen LogP contribution in [0, 0.1) is 6.92 Å². The number of carbonyl (C=O) groups excluding carboxylic acids is 1. The molecule has 0 spiro atoms. The Balaban J connectivity index is 1.59. The van der Waals surface area contributed by atoms with E-state index in [0.29, 0.717) is 36.0 Å². The first kappa shape index (κ1) is 17.4. The van der Waals surface area contributed by atoms with Crippen LogP contribution in [0.25, 0.3) is 10.9 Å². The molecule has 2 aromatic carbocycles. The fourth-order valence-electron chi connectivity index (χ4n) is 2.65. The zero-order valence-electron chi connectivity index (χ0n) is 13.8. The second-order valence-corrected chi connectivity index (χ2v) is 6.81. The number of benzene rings is 2. The van der Waals surface area contributed by atoms with Crippen molar-refractivity contribution in [2.24, 2.45) is 0 Å². The lowest BCUT2D eigenvalue weighted by Gasteiger charge is -2.08. The average molecular weight is 400 g/mol. The molecule has 6 heteroatoms. The standard InChI is InChI=1S/C19H18BrN3O2/c1-12-11-13(20)9-10-15(12)22-18(24)8-4-7-17-21-16-6-3-2-5-14(16)19(25)23-17/h2-3,5-6,9-11H,4,7-8H2,1H3,(H,22,24)(H,21,23,25). The van der Waals surface area contributed by atoms with Crippen molar-refractivity contribution in [2.45, 2.75) is 26.2 Å². The maximum atomic E-state index is 12.1. The number of amides is 1. The van der Waals surface area contributed by atoms with Crippen molar-refractivity contribution in [1.29, 1.82) is 0 Å². The summed E-state index contributed by atoms with van der Waals surface area (Å²) < 4.78 is 0.981. The fraction of sp³-hybridized carbons (Fsp3) is 0.211. The highest BCUT2D eigenvalue weighted by Gasteiger charge is 2.07. The Bertz CT molecular complexity index is 982. The topological polar surface area (TPSA) is 74.8 Å². The molecule has 0 saturated carbocycles. The number of nitrogens with zero attached hydrogens (tertiary/aromatic N) is 1. The number of aromatic amines is 1. The van der Waals surface area contributed by atoms with E-state index in [9.17, 15) is 9.59 Å². The van der Waals surface area contributed by atoms with E-state index in [-0.39, 0.29) is 11.5 Å². The molecule has 25 heavy (non-hydrogen) atoms. The Morgan fingerprint density at radius 1 is 1.24 bits per heavy atom. The van der Waals surface area contributed by atoms with Crippen LogP contribution in [0.5, 0.6) is 0 Å². The lowest BCUT2D eigenvalue weighted by atomic mass is 10.1. The molecule has 2 N–H and O–H groups in total. The average Bonchev–Trinajstić information content (AvgIpc) is 2.57. The largest absolute Gasteiger partial charge is 0.326 e. The minimum Gasteiger partial charge on any atom is -0.326 e. The Hall–Kier alpha value is -2.47. The minimum atomic E-state index is -0.143. The molecule has 0 saturated heterocycles. The second kappa shape index (κ2) is 7.61. The van der Waals surface area contributed by atoms with Crippen LogP contribution in [-0.4, -0.2) is 15.9 Å². The molecule has 5 nitrogen and oxygen atoms in total. The monoisotopic (exact) mass is 399 g/mol. The van der Waals surface area contributed by atoms with Crippen molar-refractivity contribution < 1.29 is 4.79 Å². The molecule has 3 rings (SSSR count). The van der Waals surface area contributed by atoms with Crippen LogP contribution < -0.4 is 10.9 Å². The Kier molecular flexibility index (Phi) is 5.28. The lowest BCUT2D eigenvalue weighted by molar-refractivity contribution is -0.116. The predicted octanol–water partition coefficient (Wildman–Crippen LogP) is 3.96. The van der Waals surface area contributed by atoms with Crippen molar-refractivity contribution in [3.63, 3.8) is 0 Å². The van der Waals surface area contributed by atoms with E-state index in [1.54, 1.807) is 6.07 Å². The molecule has 0 bridgehead atoms. The van der Waals surface area contributed by atoms with Gasteiger partial charge in [0.2, 0.25) is 5.91 Å². The summed E-state index contributed by atoms with van der Waals surface area (Å²) in [6.45, 7) is 1.95. The number of fused-ring (bicyclic) bond motifs is 1. The highest BCUT2D eigenvalue weighted by molar-refractivity contribution is 9.10. The van der Waals surface area contributed by atoms with Crippen molar-refractivity contribution in [3.8, 4) is 0 Å². The van der Waals surface area contributed by atoms with E-state index in [0.717, 1.165) is 15.7 Å². The van der Waals surface area contributed by atoms with E-state index in [1.165, 1.54) is 0 Å². The Morgan fingerprint density at radius 3 is 2.84 bits per heavy atom. The van der Waals surface area contributed by atoms with Gasteiger partial charge in [-0.15, -0.1) is 0 Å². The summed E-state index contributed by atoms with van der Waals surface area (Å²) in [7, 11) is 0. The first-order chi connectivity index (χ1) is 12.0. The van der Waals surface area contributed by atoms with Crippen LogP contribution in [0.3, 0.4) is 0 Å². The molecule has 0 aliphatic carbocycles. The molecule has 0 aliphatic heterocycles. The van der Waals surface area contributed by atoms with Crippen molar-refractivity contribution >= 4 is 38.4 Å². The molecule has 128 valence electrons. The quantitative estimate of drug-likeness (QED) is 0.681. The molecule has 0 unspecified atom stereocenters. The van der Waals surface area contributed by atoms with Crippen LogP contribution in [0.1, 0.15) is 24.2 Å². The Morgan fingerprint density at radius 2 is 2.04 bits per heavy atom. The second-order valence-electron chi connectivity index (χ2n) is 5.89. The summed E-state index contributed by atoms with van der Waals surface area (Å²) in [5.74, 6) is 0.560. The third kappa shape index (κ3) is 4.33. The maximum Gasteiger partial charge on any atom is 0.258 e. The molecule has 0 aliphatic rings. The summed E-state index contributed by atoms with van der Waals surface area (Å²) in [4.78, 5) is 31.4. The number of H-pyrrole nitrogens is 1. The van der Waals surface area contributed by atoms with Crippen molar-refractivity contribution in [1.82, 2.24) is 9.97 Å². The third-order valence-corrected chi connectivity index (χ3v) is 4.44. The zero-order valence-corrected chi connectivity index (χ0v) is 15.4. The van der Waals surface area contributed by atoms with Gasteiger partial charge in [0, 0.05) is 23.0 Å². The van der Waals surface area contributed by atoms with Gasteiger partial charge in [0.25, 0.3) is 5.56 Å². The van der Waals surface area contributed by atoms with E-state index >= 15 is 0 Å². The van der Waals surface area contributed by atoms with E-state index in [2.05, 4.69) is 31.2 Å². The minimum absolute atomic E-state index is 0.0476. The van der Waals surface area contributed by atoms with Gasteiger partial charge in [0.1, 0.15) is 5.82 Å². The van der Waals surface area contributed by atoms with Gasteiger partial charge in [0.15, 0.2) is 0 Å². The maximum absolute atomic E-state index is 12.1. The molecule has 0 fully saturated rings. The number of rotatable bonds is 5. The zero-order chi connectivity index (χ0) is 17.8.